The number of carbonyl (C=O) groups excluding carboxylic acids is 2. The molecular weight excluding hydrogens is 532 g/mol. The van der Waals surface area contributed by atoms with Crippen molar-refractivity contribution in [2.24, 2.45) is 0 Å². The van der Waals surface area contributed by atoms with Crippen LogP contribution in [0.15, 0.2) is 78.9 Å². The van der Waals surface area contributed by atoms with Gasteiger partial charge in [0.15, 0.2) is 0 Å². The van der Waals surface area contributed by atoms with Gasteiger partial charge in [-0.1, -0.05) is 66.2 Å². The van der Waals surface area contributed by atoms with Gasteiger partial charge in [0.1, 0.15) is 12.6 Å². The fraction of sp³-hybridized carbons (Fsp3) is 0.310. The van der Waals surface area contributed by atoms with E-state index < -0.39 is 33.4 Å². The first-order valence-electron chi connectivity index (χ1n) is 12.8. The van der Waals surface area contributed by atoms with Crippen molar-refractivity contribution in [1.29, 1.82) is 0 Å². The summed E-state index contributed by atoms with van der Waals surface area (Å²) in [5.74, 6) is -1.00. The van der Waals surface area contributed by atoms with Gasteiger partial charge >= 0.3 is 0 Å². The zero-order valence-corrected chi connectivity index (χ0v) is 23.8. The van der Waals surface area contributed by atoms with E-state index in [0.29, 0.717) is 0 Å². The Morgan fingerprint density at radius 3 is 2.20 bits per heavy atom. The largest absolute Gasteiger partial charge is 0.352 e. The molecule has 1 atom stereocenters. The molecule has 212 valence electrons. The molecule has 0 heterocycles. The number of carbonyl (C=O) groups is 2. The van der Waals surface area contributed by atoms with Crippen LogP contribution in [0.3, 0.4) is 0 Å². The minimum atomic E-state index is -4.03. The maximum Gasteiger partial charge on any atom is 0.271 e. The summed E-state index contributed by atoms with van der Waals surface area (Å²) in [5, 5.41) is 14.2. The van der Waals surface area contributed by atoms with E-state index in [0.717, 1.165) is 33.3 Å². The Balaban J connectivity index is 2.07. The molecule has 0 fully saturated rings. The van der Waals surface area contributed by atoms with E-state index in [-0.39, 0.29) is 36.3 Å². The highest BCUT2D eigenvalue weighted by Crippen LogP contribution is 2.24. The number of nitrogens with one attached hydrogen (secondary N) is 1. The van der Waals surface area contributed by atoms with Gasteiger partial charge in [-0.15, -0.1) is 0 Å². The maximum absolute atomic E-state index is 14.0. The molecule has 1 unspecified atom stereocenters. The molecule has 0 radical (unpaired) electrons. The fourth-order valence-corrected chi connectivity index (χ4v) is 5.16. The minimum absolute atomic E-state index is 0.0215. The molecule has 3 aromatic carbocycles. The van der Waals surface area contributed by atoms with Crippen LogP contribution in [0.25, 0.3) is 0 Å². The molecule has 3 rings (SSSR count). The number of benzene rings is 3. The molecule has 3 aromatic rings. The van der Waals surface area contributed by atoms with E-state index in [1.807, 2.05) is 75.4 Å². The number of hydrogen-bond donors (Lipinski definition) is 1. The van der Waals surface area contributed by atoms with Crippen molar-refractivity contribution in [2.75, 3.05) is 17.1 Å². The number of sulfonamides is 1. The van der Waals surface area contributed by atoms with E-state index in [1.165, 1.54) is 23.1 Å². The second-order valence-corrected chi connectivity index (χ2v) is 11.8. The zero-order chi connectivity index (χ0) is 29.4. The molecule has 0 saturated carbocycles. The van der Waals surface area contributed by atoms with Gasteiger partial charge in [-0.3, -0.25) is 24.0 Å². The van der Waals surface area contributed by atoms with Crippen molar-refractivity contribution in [1.82, 2.24) is 10.2 Å². The monoisotopic (exact) mass is 566 g/mol. The van der Waals surface area contributed by atoms with Crippen molar-refractivity contribution >= 4 is 33.2 Å². The van der Waals surface area contributed by atoms with Crippen LogP contribution in [-0.4, -0.2) is 54.9 Å². The second-order valence-electron chi connectivity index (χ2n) is 9.93. The maximum atomic E-state index is 14.0. The van der Waals surface area contributed by atoms with Gasteiger partial charge in [0, 0.05) is 31.1 Å². The van der Waals surface area contributed by atoms with Gasteiger partial charge < -0.3 is 10.2 Å². The van der Waals surface area contributed by atoms with Crippen LogP contribution >= 0.6 is 0 Å². The third-order valence-corrected chi connectivity index (χ3v) is 7.29. The molecule has 0 spiro atoms. The lowest BCUT2D eigenvalue weighted by Gasteiger charge is -2.34. The van der Waals surface area contributed by atoms with Crippen molar-refractivity contribution in [3.8, 4) is 0 Å². The summed E-state index contributed by atoms with van der Waals surface area (Å²) in [7, 11) is -4.03. The number of nitrogens with zero attached hydrogens (tertiary/aromatic N) is 3. The Labute approximate surface area is 234 Å². The standard InChI is InChI=1S/C29H34N4O6S/c1-21(2)30-29(35)27(17-23-11-6-5-7-12-23)31(19-24-13-8-10-22(3)16-24)28(34)20-32(40(4,38)39)25-14-9-15-26(18-25)33(36)37/h5-16,18,21,27H,17,19-20H2,1-4H3,(H,30,35). The quantitative estimate of drug-likeness (QED) is 0.262. The summed E-state index contributed by atoms with van der Waals surface area (Å²) < 4.78 is 26.5. The molecule has 2 amide bonds. The highest BCUT2D eigenvalue weighted by Gasteiger charge is 2.33. The molecule has 10 nitrogen and oxygen atoms in total. The number of aryl methyl sites for hydroxylation is 1. The molecule has 1 N–H and O–H groups in total. The third-order valence-electron chi connectivity index (χ3n) is 6.15. The Hall–Kier alpha value is -4.25. The fourth-order valence-electron chi connectivity index (χ4n) is 4.32. The summed E-state index contributed by atoms with van der Waals surface area (Å²) in [6.45, 7) is 4.95. The van der Waals surface area contributed by atoms with Gasteiger partial charge in [0.25, 0.3) is 5.69 Å². The normalized spacial score (nSPS) is 12.0. The van der Waals surface area contributed by atoms with Gasteiger partial charge in [-0.05, 0) is 38.0 Å². The number of nitro benzene ring substituents is 1. The van der Waals surface area contributed by atoms with Crippen molar-refractivity contribution in [3.63, 3.8) is 0 Å². The van der Waals surface area contributed by atoms with Gasteiger partial charge in [0.05, 0.1) is 16.9 Å². The molecule has 0 bridgehead atoms. The topological polar surface area (TPSA) is 130 Å². The van der Waals surface area contributed by atoms with Gasteiger partial charge in [-0.25, -0.2) is 8.42 Å². The Morgan fingerprint density at radius 2 is 1.60 bits per heavy atom. The van der Waals surface area contributed by atoms with E-state index >= 15 is 0 Å². The number of nitro groups is 1. The summed E-state index contributed by atoms with van der Waals surface area (Å²) in [6, 6.07) is 20.7. The molecule has 0 aliphatic rings. The summed E-state index contributed by atoms with van der Waals surface area (Å²) in [6.07, 6.45) is 1.13. The average Bonchev–Trinajstić information content (AvgIpc) is 2.88. The van der Waals surface area contributed by atoms with E-state index in [4.69, 9.17) is 0 Å². The van der Waals surface area contributed by atoms with Crippen LogP contribution in [0.5, 0.6) is 0 Å². The highest BCUT2D eigenvalue weighted by molar-refractivity contribution is 7.92. The van der Waals surface area contributed by atoms with E-state index in [9.17, 15) is 28.1 Å². The van der Waals surface area contributed by atoms with Crippen molar-refractivity contribution in [2.45, 2.75) is 45.8 Å². The Morgan fingerprint density at radius 1 is 0.950 bits per heavy atom. The van der Waals surface area contributed by atoms with E-state index in [2.05, 4.69) is 5.32 Å². The lowest BCUT2D eigenvalue weighted by Crippen LogP contribution is -2.54. The van der Waals surface area contributed by atoms with Crippen LogP contribution in [0, 0.1) is 17.0 Å². The van der Waals surface area contributed by atoms with Crippen LogP contribution in [0.1, 0.15) is 30.5 Å². The predicted molar refractivity (Wildman–Crippen MR) is 154 cm³/mol. The number of rotatable bonds is 12. The second kappa shape index (κ2) is 13.2. The zero-order valence-electron chi connectivity index (χ0n) is 23.0. The molecule has 0 saturated heterocycles. The van der Waals surface area contributed by atoms with E-state index in [1.54, 1.807) is 0 Å². The molecule has 0 aliphatic heterocycles. The number of amides is 2. The molecule has 0 aromatic heterocycles. The molecular formula is C29H34N4O6S. The van der Waals surface area contributed by atoms with Gasteiger partial charge in [-0.2, -0.15) is 0 Å². The lowest BCUT2D eigenvalue weighted by atomic mass is 10.0. The molecule has 40 heavy (non-hydrogen) atoms. The van der Waals surface area contributed by atoms with Crippen molar-refractivity contribution < 1.29 is 22.9 Å². The average molecular weight is 567 g/mol. The first-order valence-corrected chi connectivity index (χ1v) is 14.6. The Kier molecular flexibility index (Phi) is 10.0. The summed E-state index contributed by atoms with van der Waals surface area (Å²) in [5.41, 5.74) is 2.22. The van der Waals surface area contributed by atoms with Gasteiger partial charge in [0.2, 0.25) is 21.8 Å². The summed E-state index contributed by atoms with van der Waals surface area (Å²) in [4.78, 5) is 39.6. The lowest BCUT2D eigenvalue weighted by molar-refractivity contribution is -0.384. The number of hydrogen-bond acceptors (Lipinski definition) is 6. The van der Waals surface area contributed by atoms with Crippen LogP contribution in [0.4, 0.5) is 11.4 Å². The van der Waals surface area contributed by atoms with Crippen LogP contribution < -0.4 is 9.62 Å². The summed E-state index contributed by atoms with van der Waals surface area (Å²) >= 11 is 0. The predicted octanol–water partition coefficient (Wildman–Crippen LogP) is 3.83. The van der Waals surface area contributed by atoms with Crippen molar-refractivity contribution in [3.05, 3.63) is 106 Å². The third kappa shape index (κ3) is 8.37. The first-order chi connectivity index (χ1) is 18.8. The SMILES string of the molecule is Cc1cccc(CN(C(=O)CN(c2cccc([N+](=O)[O-])c2)S(C)(=O)=O)C(Cc2ccccc2)C(=O)NC(C)C)c1. The van der Waals surface area contributed by atoms with Crippen LogP contribution in [-0.2, 0) is 32.6 Å². The molecule has 0 aliphatic carbocycles. The first kappa shape index (κ1) is 30.3. The van der Waals surface area contributed by atoms with Crippen LogP contribution in [0.2, 0.25) is 0 Å². The number of non-ortho nitro benzene ring substituents is 1. The molecule has 11 heteroatoms. The smallest absolute Gasteiger partial charge is 0.271 e. The minimum Gasteiger partial charge on any atom is -0.352 e. The number of anilines is 1. The highest BCUT2D eigenvalue weighted by atomic mass is 32.2. The Bertz CT molecular complexity index is 1460.